The maximum Gasteiger partial charge on any atom is 0.271 e. The third-order valence-electron chi connectivity index (χ3n) is 6.44. The zero-order valence-corrected chi connectivity index (χ0v) is 21.4. The number of aliphatic hydroxyl groups excluding tert-OH is 1. The number of aliphatic hydroxyl groups is 1. The number of thiophene rings is 1. The second kappa shape index (κ2) is 10.2. The van der Waals surface area contributed by atoms with Crippen molar-refractivity contribution < 1.29 is 23.1 Å². The van der Waals surface area contributed by atoms with Crippen molar-refractivity contribution >= 4 is 33.0 Å². The highest BCUT2D eigenvalue weighted by Crippen LogP contribution is 2.33. The highest BCUT2D eigenvalue weighted by Gasteiger charge is 2.34. The Morgan fingerprint density at radius 1 is 1.29 bits per heavy atom. The number of hydrogen-bond acceptors (Lipinski definition) is 7. The van der Waals surface area contributed by atoms with Crippen LogP contribution in [0.15, 0.2) is 39.9 Å². The molecule has 10 heteroatoms. The molecule has 2 heterocycles. The van der Waals surface area contributed by atoms with Crippen LogP contribution in [0.25, 0.3) is 0 Å². The van der Waals surface area contributed by atoms with Gasteiger partial charge in [0.2, 0.25) is 0 Å². The monoisotopic (exact) mass is 507 g/mol. The molecule has 0 radical (unpaired) electrons. The quantitative estimate of drug-likeness (QED) is 0.541. The maximum atomic E-state index is 13.5. The molecule has 1 aliphatic heterocycles. The lowest BCUT2D eigenvalue weighted by atomic mass is 9.99. The van der Waals surface area contributed by atoms with E-state index in [1.165, 1.54) is 25.0 Å². The van der Waals surface area contributed by atoms with Gasteiger partial charge in [-0.2, -0.15) is 0 Å². The predicted octanol–water partition coefficient (Wildman–Crippen LogP) is 3.11. The van der Waals surface area contributed by atoms with Gasteiger partial charge in [0.05, 0.1) is 18.2 Å². The molecule has 1 fully saturated rings. The number of ether oxygens (including phenoxy) is 1. The van der Waals surface area contributed by atoms with Crippen LogP contribution in [0.3, 0.4) is 0 Å². The Morgan fingerprint density at radius 3 is 2.71 bits per heavy atom. The van der Waals surface area contributed by atoms with Crippen LogP contribution in [0.4, 0.5) is 5.69 Å². The van der Waals surface area contributed by atoms with Crippen LogP contribution in [-0.2, 0) is 10.0 Å². The van der Waals surface area contributed by atoms with Crippen LogP contribution in [0.2, 0.25) is 0 Å². The molecule has 1 aromatic carbocycles. The molecular formula is C24H33N3O5S2. The Kier molecular flexibility index (Phi) is 7.51. The largest absolute Gasteiger partial charge is 0.488 e. The van der Waals surface area contributed by atoms with E-state index < -0.39 is 10.0 Å². The first-order chi connectivity index (χ1) is 16.2. The second-order valence-electron chi connectivity index (χ2n) is 9.54. The van der Waals surface area contributed by atoms with Gasteiger partial charge in [-0.25, -0.2) is 8.42 Å². The van der Waals surface area contributed by atoms with Gasteiger partial charge in [0.15, 0.2) is 0 Å². The van der Waals surface area contributed by atoms with Gasteiger partial charge in [0.25, 0.3) is 15.9 Å². The molecule has 0 bridgehead atoms. The van der Waals surface area contributed by atoms with E-state index in [1.807, 2.05) is 6.92 Å². The summed E-state index contributed by atoms with van der Waals surface area (Å²) in [6.45, 7) is 5.90. The summed E-state index contributed by atoms with van der Waals surface area (Å²) in [4.78, 5) is 17.5. The predicted molar refractivity (Wildman–Crippen MR) is 133 cm³/mol. The van der Waals surface area contributed by atoms with E-state index in [4.69, 9.17) is 4.74 Å². The Balaban J connectivity index is 1.64. The van der Waals surface area contributed by atoms with Gasteiger partial charge in [0.1, 0.15) is 16.1 Å². The minimum Gasteiger partial charge on any atom is -0.488 e. The molecule has 34 heavy (non-hydrogen) atoms. The van der Waals surface area contributed by atoms with E-state index in [0.29, 0.717) is 12.3 Å². The fourth-order valence-electron chi connectivity index (χ4n) is 4.25. The lowest BCUT2D eigenvalue weighted by Crippen LogP contribution is -2.50. The third kappa shape index (κ3) is 5.73. The fourth-order valence-corrected chi connectivity index (χ4v) is 6.29. The number of rotatable bonds is 9. The summed E-state index contributed by atoms with van der Waals surface area (Å²) in [5, 5.41) is 11.5. The highest BCUT2D eigenvalue weighted by atomic mass is 32.2. The topological polar surface area (TPSA) is 99.2 Å². The van der Waals surface area contributed by atoms with Crippen molar-refractivity contribution in [2.24, 2.45) is 11.8 Å². The number of carbonyl (C=O) groups is 1. The molecule has 1 aromatic heterocycles. The maximum absolute atomic E-state index is 13.5. The van der Waals surface area contributed by atoms with Crippen LogP contribution in [0, 0.1) is 11.8 Å². The molecule has 0 saturated heterocycles. The minimum absolute atomic E-state index is 0.0461. The van der Waals surface area contributed by atoms with Crippen molar-refractivity contribution in [3.63, 3.8) is 0 Å². The van der Waals surface area contributed by atoms with Crippen molar-refractivity contribution in [1.29, 1.82) is 0 Å². The van der Waals surface area contributed by atoms with E-state index in [0.717, 1.165) is 30.3 Å². The molecule has 2 aromatic rings. The lowest BCUT2D eigenvalue weighted by molar-refractivity contribution is 0.0344. The van der Waals surface area contributed by atoms with Gasteiger partial charge < -0.3 is 19.6 Å². The van der Waals surface area contributed by atoms with Gasteiger partial charge in [-0.1, -0.05) is 13.0 Å². The number of nitrogens with zero attached hydrogens (tertiary/aromatic N) is 2. The van der Waals surface area contributed by atoms with Crippen LogP contribution in [0.5, 0.6) is 5.75 Å². The summed E-state index contributed by atoms with van der Waals surface area (Å²) in [7, 11) is -1.66. The van der Waals surface area contributed by atoms with E-state index in [2.05, 4.69) is 23.6 Å². The van der Waals surface area contributed by atoms with Gasteiger partial charge in [0, 0.05) is 31.2 Å². The molecule has 1 amide bonds. The third-order valence-corrected chi connectivity index (χ3v) is 9.21. The molecule has 3 atom stereocenters. The molecule has 0 unspecified atom stereocenters. The zero-order chi connectivity index (χ0) is 24.5. The van der Waals surface area contributed by atoms with Crippen LogP contribution >= 0.6 is 11.3 Å². The summed E-state index contributed by atoms with van der Waals surface area (Å²) in [5.41, 5.74) is 0.574. The molecular weight excluding hydrogens is 474 g/mol. The standard InChI is InChI=1S/C24H33N3O5S2/c1-16-12-27(17(2)15-28)24(29)20-11-19(25-34(30,31)23-5-4-10-33-23)8-9-21(20)32-22(16)14-26(3)13-18-6-7-18/h4-5,8-11,16-18,22,25,28H,6-7,12-15H2,1-3H3/t16-,17+,22+/m0/s1. The molecule has 2 aliphatic rings. The number of benzene rings is 1. The Hall–Kier alpha value is -2.14. The zero-order valence-electron chi connectivity index (χ0n) is 19.8. The highest BCUT2D eigenvalue weighted by molar-refractivity contribution is 7.94. The molecule has 2 N–H and O–H groups in total. The lowest BCUT2D eigenvalue weighted by Gasteiger charge is -2.38. The van der Waals surface area contributed by atoms with Crippen molar-refractivity contribution in [3.8, 4) is 5.75 Å². The summed E-state index contributed by atoms with van der Waals surface area (Å²) < 4.78 is 34.5. The first-order valence-electron chi connectivity index (χ1n) is 11.7. The van der Waals surface area contributed by atoms with Crippen molar-refractivity contribution in [2.75, 3.05) is 38.0 Å². The number of hydrogen-bond donors (Lipinski definition) is 2. The van der Waals surface area contributed by atoms with E-state index in [9.17, 15) is 18.3 Å². The van der Waals surface area contributed by atoms with Gasteiger partial charge in [-0.05, 0) is 62.4 Å². The van der Waals surface area contributed by atoms with Crippen LogP contribution < -0.4 is 9.46 Å². The Labute approximate surface area is 205 Å². The average molecular weight is 508 g/mol. The summed E-state index contributed by atoms with van der Waals surface area (Å²) in [6, 6.07) is 7.64. The first-order valence-corrected chi connectivity index (χ1v) is 14.0. The molecule has 1 saturated carbocycles. The number of carbonyl (C=O) groups excluding carboxylic acids is 1. The van der Waals surface area contributed by atoms with Crippen molar-refractivity contribution in [3.05, 3.63) is 41.3 Å². The number of anilines is 1. The first kappa shape index (κ1) is 25.0. The normalized spacial score (nSPS) is 22.0. The number of fused-ring (bicyclic) bond motifs is 1. The number of likely N-dealkylation sites (N-methyl/N-ethyl adjacent to an activating group) is 1. The number of amides is 1. The van der Waals surface area contributed by atoms with E-state index in [-0.39, 0.29) is 46.0 Å². The van der Waals surface area contributed by atoms with Crippen LogP contribution in [-0.4, -0.2) is 74.7 Å². The van der Waals surface area contributed by atoms with Gasteiger partial charge >= 0.3 is 0 Å². The smallest absolute Gasteiger partial charge is 0.271 e. The Bertz CT molecular complexity index is 1100. The molecule has 1 aliphatic carbocycles. The fraction of sp³-hybridized carbons (Fsp3) is 0.542. The Morgan fingerprint density at radius 2 is 2.06 bits per heavy atom. The van der Waals surface area contributed by atoms with E-state index >= 15 is 0 Å². The van der Waals surface area contributed by atoms with Crippen molar-refractivity contribution in [1.82, 2.24) is 9.80 Å². The van der Waals surface area contributed by atoms with Crippen LogP contribution in [0.1, 0.15) is 37.0 Å². The second-order valence-corrected chi connectivity index (χ2v) is 12.4. The van der Waals surface area contributed by atoms with Crippen molar-refractivity contribution in [2.45, 2.75) is 43.0 Å². The van der Waals surface area contributed by atoms with E-state index in [1.54, 1.807) is 28.5 Å². The minimum atomic E-state index is -3.75. The number of nitrogens with one attached hydrogen (secondary N) is 1. The molecule has 186 valence electrons. The average Bonchev–Trinajstić information content (AvgIpc) is 3.41. The van der Waals surface area contributed by atoms with Gasteiger partial charge in [-0.15, -0.1) is 11.3 Å². The molecule has 0 spiro atoms. The summed E-state index contributed by atoms with van der Waals surface area (Å²) in [5.74, 6) is 0.943. The summed E-state index contributed by atoms with van der Waals surface area (Å²) >= 11 is 1.12. The van der Waals surface area contributed by atoms with Gasteiger partial charge in [-0.3, -0.25) is 9.52 Å². The number of sulfonamides is 1. The molecule has 8 nitrogen and oxygen atoms in total. The molecule has 4 rings (SSSR count). The summed E-state index contributed by atoms with van der Waals surface area (Å²) in [6.07, 6.45) is 2.39. The SMILES string of the molecule is C[C@H](CO)N1C[C@H](C)[C@@H](CN(C)CC2CC2)Oc2ccc(NS(=O)(=O)c3cccs3)cc2C1=O.